The van der Waals surface area contributed by atoms with E-state index >= 15 is 0 Å². The lowest BCUT2D eigenvalue weighted by atomic mass is 9.99. The summed E-state index contributed by atoms with van der Waals surface area (Å²) in [4.78, 5) is 14.8. The predicted molar refractivity (Wildman–Crippen MR) is 86.9 cm³/mol. The zero-order chi connectivity index (χ0) is 17.4. The van der Waals surface area contributed by atoms with Gasteiger partial charge in [-0.3, -0.25) is 15.0 Å². The Balaban J connectivity index is 1.59. The summed E-state index contributed by atoms with van der Waals surface area (Å²) in [5, 5.41) is 25.3. The summed E-state index contributed by atoms with van der Waals surface area (Å²) in [6.45, 7) is 5.51. The fraction of sp³-hybridized carbons (Fsp3) is 0.467. The van der Waals surface area contributed by atoms with Crippen LogP contribution in [-0.4, -0.2) is 58.0 Å². The molecule has 0 saturated heterocycles. The molecule has 130 valence electrons. The smallest absolute Gasteiger partial charge is 0.259 e. The van der Waals surface area contributed by atoms with Crippen molar-refractivity contribution >= 4 is 5.91 Å². The van der Waals surface area contributed by atoms with E-state index in [1.165, 1.54) is 17.2 Å². The van der Waals surface area contributed by atoms with Gasteiger partial charge in [0.2, 0.25) is 0 Å². The normalized spacial score (nSPS) is 14.1. The maximum Gasteiger partial charge on any atom is 0.259 e. The minimum absolute atomic E-state index is 0.0957. The number of aromatic nitrogens is 8. The van der Waals surface area contributed by atoms with Gasteiger partial charge in [-0.25, -0.2) is 0 Å². The molecule has 2 N–H and O–H groups in total. The summed E-state index contributed by atoms with van der Waals surface area (Å²) in [5.41, 5.74) is 3.77. The molecule has 1 aliphatic rings. The molecule has 0 fully saturated rings. The van der Waals surface area contributed by atoms with Crippen LogP contribution >= 0.6 is 0 Å². The lowest BCUT2D eigenvalue weighted by Gasteiger charge is -2.27. The fourth-order valence-electron chi connectivity index (χ4n) is 3.13. The van der Waals surface area contributed by atoms with Crippen LogP contribution in [-0.2, 0) is 19.4 Å². The number of fused-ring (bicyclic) bond motifs is 1. The second-order valence-electron chi connectivity index (χ2n) is 6.59. The highest BCUT2D eigenvalue weighted by Crippen LogP contribution is 2.24. The molecule has 0 bridgehead atoms. The third kappa shape index (κ3) is 2.79. The summed E-state index contributed by atoms with van der Waals surface area (Å²) in [6, 6.07) is 0. The lowest BCUT2D eigenvalue weighted by Crippen LogP contribution is -2.36. The minimum atomic E-state index is -0.0957. The first-order valence-corrected chi connectivity index (χ1v) is 8.24. The molecule has 3 aromatic heterocycles. The summed E-state index contributed by atoms with van der Waals surface area (Å²) < 4.78 is 1.40. The van der Waals surface area contributed by atoms with Gasteiger partial charge < -0.3 is 4.90 Å². The summed E-state index contributed by atoms with van der Waals surface area (Å²) in [7, 11) is 0. The molecule has 10 nitrogen and oxygen atoms in total. The number of amides is 1. The second-order valence-corrected chi connectivity index (χ2v) is 6.59. The third-order valence-electron chi connectivity index (χ3n) is 4.34. The molecule has 0 aliphatic carbocycles. The SMILES string of the molecule is CC(C)Cc1n[nH]c2c1CN(C(=O)c1cn[nH]c1-n1cnnn1)CC2. The van der Waals surface area contributed by atoms with Crippen molar-refractivity contribution in [3.05, 3.63) is 35.0 Å². The molecule has 0 spiro atoms. The van der Waals surface area contributed by atoms with E-state index in [1.807, 2.05) is 4.90 Å². The number of H-pyrrole nitrogens is 2. The van der Waals surface area contributed by atoms with Crippen molar-refractivity contribution in [1.82, 2.24) is 45.5 Å². The molecule has 0 atom stereocenters. The molecule has 25 heavy (non-hydrogen) atoms. The first-order valence-electron chi connectivity index (χ1n) is 8.24. The van der Waals surface area contributed by atoms with E-state index in [4.69, 9.17) is 0 Å². The van der Waals surface area contributed by atoms with Gasteiger partial charge in [0.05, 0.1) is 11.9 Å². The van der Waals surface area contributed by atoms with Crippen LogP contribution in [0.3, 0.4) is 0 Å². The Morgan fingerprint density at radius 1 is 1.36 bits per heavy atom. The molecule has 4 heterocycles. The van der Waals surface area contributed by atoms with Crippen LogP contribution in [0.5, 0.6) is 0 Å². The number of carbonyl (C=O) groups is 1. The molecular weight excluding hydrogens is 322 g/mol. The zero-order valence-electron chi connectivity index (χ0n) is 14.1. The minimum Gasteiger partial charge on any atom is -0.334 e. The van der Waals surface area contributed by atoms with Crippen molar-refractivity contribution in [3.63, 3.8) is 0 Å². The van der Waals surface area contributed by atoms with Crippen LogP contribution in [0, 0.1) is 5.92 Å². The molecule has 0 unspecified atom stereocenters. The fourth-order valence-corrected chi connectivity index (χ4v) is 3.13. The summed E-state index contributed by atoms with van der Waals surface area (Å²) >= 11 is 0. The first kappa shape index (κ1) is 15.5. The van der Waals surface area contributed by atoms with E-state index in [2.05, 4.69) is 49.8 Å². The molecule has 1 aliphatic heterocycles. The highest BCUT2D eigenvalue weighted by molar-refractivity contribution is 5.97. The maximum absolute atomic E-state index is 13.0. The number of rotatable bonds is 4. The quantitative estimate of drug-likeness (QED) is 0.713. The Morgan fingerprint density at radius 3 is 3.00 bits per heavy atom. The van der Waals surface area contributed by atoms with Crippen LogP contribution in [0.4, 0.5) is 0 Å². The standard InChI is InChI=1S/C15H19N9O/c1-9(2)5-13-11-7-23(4-3-12(11)18-19-13)15(25)10-6-16-20-14(10)24-8-17-21-22-24/h6,8-9H,3-5,7H2,1-2H3,(H,16,20)(H,18,19). The first-order chi connectivity index (χ1) is 12.1. The zero-order valence-corrected chi connectivity index (χ0v) is 14.1. The van der Waals surface area contributed by atoms with Crippen molar-refractivity contribution < 1.29 is 4.79 Å². The number of carbonyl (C=O) groups excluding carboxylic acids is 1. The predicted octanol–water partition coefficient (Wildman–Crippen LogP) is 0.505. The van der Waals surface area contributed by atoms with Gasteiger partial charge in [0.15, 0.2) is 5.82 Å². The largest absolute Gasteiger partial charge is 0.334 e. The number of nitrogens with zero attached hydrogens (tertiary/aromatic N) is 7. The molecule has 3 aromatic rings. The highest BCUT2D eigenvalue weighted by atomic mass is 16.2. The average molecular weight is 341 g/mol. The Kier molecular flexibility index (Phi) is 3.79. The van der Waals surface area contributed by atoms with Gasteiger partial charge in [-0.1, -0.05) is 13.8 Å². The van der Waals surface area contributed by atoms with Gasteiger partial charge in [0.25, 0.3) is 5.91 Å². The van der Waals surface area contributed by atoms with Crippen LogP contribution in [0.2, 0.25) is 0 Å². The van der Waals surface area contributed by atoms with E-state index in [-0.39, 0.29) is 5.91 Å². The van der Waals surface area contributed by atoms with Crippen molar-refractivity contribution in [2.24, 2.45) is 5.92 Å². The van der Waals surface area contributed by atoms with Crippen molar-refractivity contribution in [2.45, 2.75) is 33.2 Å². The van der Waals surface area contributed by atoms with Crippen LogP contribution in [0.1, 0.15) is 41.2 Å². The van der Waals surface area contributed by atoms with Gasteiger partial charge >= 0.3 is 0 Å². The Morgan fingerprint density at radius 2 is 2.24 bits per heavy atom. The number of hydrogen-bond donors (Lipinski definition) is 2. The average Bonchev–Trinajstić information content (AvgIpc) is 3.33. The third-order valence-corrected chi connectivity index (χ3v) is 4.34. The van der Waals surface area contributed by atoms with Crippen molar-refractivity contribution in [2.75, 3.05) is 6.54 Å². The van der Waals surface area contributed by atoms with Crippen LogP contribution in [0.25, 0.3) is 5.82 Å². The monoisotopic (exact) mass is 341 g/mol. The Hall–Kier alpha value is -3.04. The maximum atomic E-state index is 13.0. The molecule has 0 saturated carbocycles. The van der Waals surface area contributed by atoms with E-state index in [0.717, 1.165) is 29.8 Å². The van der Waals surface area contributed by atoms with E-state index in [0.29, 0.717) is 30.4 Å². The van der Waals surface area contributed by atoms with E-state index in [1.54, 1.807) is 0 Å². The molecule has 1 amide bonds. The highest BCUT2D eigenvalue weighted by Gasteiger charge is 2.28. The number of nitrogens with one attached hydrogen (secondary N) is 2. The molecule has 0 radical (unpaired) electrons. The second kappa shape index (κ2) is 6.11. The van der Waals surface area contributed by atoms with E-state index in [9.17, 15) is 4.79 Å². The number of aromatic amines is 2. The number of hydrogen-bond acceptors (Lipinski definition) is 6. The van der Waals surface area contributed by atoms with Gasteiger partial charge in [0, 0.05) is 30.8 Å². The topological polar surface area (TPSA) is 121 Å². The molecule has 0 aromatic carbocycles. The van der Waals surface area contributed by atoms with Crippen molar-refractivity contribution in [1.29, 1.82) is 0 Å². The van der Waals surface area contributed by atoms with Crippen molar-refractivity contribution in [3.8, 4) is 5.82 Å². The van der Waals surface area contributed by atoms with Gasteiger partial charge in [-0.05, 0) is 22.8 Å². The van der Waals surface area contributed by atoms with Crippen LogP contribution in [0.15, 0.2) is 12.5 Å². The molecule has 4 rings (SSSR count). The molecule has 10 heteroatoms. The summed E-state index contributed by atoms with van der Waals surface area (Å²) in [5.74, 6) is 0.885. The summed E-state index contributed by atoms with van der Waals surface area (Å²) in [6.07, 6.45) is 4.61. The van der Waals surface area contributed by atoms with Crippen LogP contribution < -0.4 is 0 Å². The van der Waals surface area contributed by atoms with Gasteiger partial charge in [-0.15, -0.1) is 5.10 Å². The van der Waals surface area contributed by atoms with Gasteiger partial charge in [-0.2, -0.15) is 14.9 Å². The van der Waals surface area contributed by atoms with Gasteiger partial charge in [0.1, 0.15) is 11.9 Å². The number of tetrazole rings is 1. The molecular formula is C15H19N9O. The van der Waals surface area contributed by atoms with E-state index < -0.39 is 0 Å². The Labute approximate surface area is 143 Å². The Bertz CT molecular complexity index is 877. The lowest BCUT2D eigenvalue weighted by molar-refractivity contribution is 0.0733.